The van der Waals surface area contributed by atoms with Crippen molar-refractivity contribution in [3.63, 3.8) is 0 Å². The number of benzene rings is 1. The number of hydrogen-bond donors (Lipinski definition) is 1. The van der Waals surface area contributed by atoms with E-state index in [1.165, 1.54) is 12.1 Å². The zero-order chi connectivity index (χ0) is 17.9. The summed E-state index contributed by atoms with van der Waals surface area (Å²) in [6, 6.07) is 2.83. The fourth-order valence-corrected chi connectivity index (χ4v) is 3.26. The molecule has 1 N–H and O–H groups in total. The maximum Gasteiger partial charge on any atom is 0.317 e. The monoisotopic (exact) mass is 339 g/mol. The van der Waals surface area contributed by atoms with Crippen LogP contribution in [0.4, 0.5) is 13.6 Å². The summed E-state index contributed by atoms with van der Waals surface area (Å²) >= 11 is 0. The molecule has 134 valence electrons. The molecule has 6 heteroatoms. The molecular formula is C18H27F2N3O. The minimum absolute atomic E-state index is 0.00548. The fraction of sp³-hybridized carbons (Fsp3) is 0.611. The maximum atomic E-state index is 14.1. The van der Waals surface area contributed by atoms with Gasteiger partial charge in [-0.05, 0) is 38.4 Å². The number of carbonyl (C=O) groups excluding carboxylic acids is 1. The van der Waals surface area contributed by atoms with Gasteiger partial charge >= 0.3 is 6.03 Å². The number of urea groups is 1. The number of likely N-dealkylation sites (tertiary alicyclic amines) is 1. The molecule has 4 nitrogen and oxygen atoms in total. The van der Waals surface area contributed by atoms with Crippen LogP contribution >= 0.6 is 0 Å². The SMILES string of the molecule is CC(C)[C@@H](NC(=O)N1CC[C@@H](CN(C)C)C1)c1ccc(F)cc1F. The number of rotatable bonds is 5. The summed E-state index contributed by atoms with van der Waals surface area (Å²) in [4.78, 5) is 16.5. The van der Waals surface area contributed by atoms with Crippen molar-refractivity contribution in [1.29, 1.82) is 0 Å². The van der Waals surface area contributed by atoms with Crippen molar-refractivity contribution < 1.29 is 13.6 Å². The number of amides is 2. The maximum absolute atomic E-state index is 14.1. The van der Waals surface area contributed by atoms with Gasteiger partial charge in [0, 0.05) is 31.3 Å². The Kier molecular flexibility index (Phi) is 6.15. The second kappa shape index (κ2) is 7.92. The summed E-state index contributed by atoms with van der Waals surface area (Å²) in [6.45, 7) is 6.19. The van der Waals surface area contributed by atoms with E-state index >= 15 is 0 Å². The molecule has 1 aromatic rings. The van der Waals surface area contributed by atoms with Crippen molar-refractivity contribution in [1.82, 2.24) is 15.1 Å². The Labute approximate surface area is 142 Å². The number of nitrogens with one attached hydrogen (secondary N) is 1. The molecule has 1 fully saturated rings. The second-order valence-electron chi connectivity index (χ2n) is 7.20. The number of nitrogens with zero attached hydrogens (tertiary/aromatic N) is 2. The predicted molar refractivity (Wildman–Crippen MR) is 90.7 cm³/mol. The Balaban J connectivity index is 2.04. The first-order valence-corrected chi connectivity index (χ1v) is 8.43. The van der Waals surface area contributed by atoms with Crippen LogP contribution in [0, 0.1) is 23.5 Å². The summed E-state index contributed by atoms with van der Waals surface area (Å²) < 4.78 is 27.2. The second-order valence-corrected chi connectivity index (χ2v) is 7.20. The molecule has 1 aliphatic rings. The molecule has 2 amide bonds. The van der Waals surface area contributed by atoms with Gasteiger partial charge in [0.15, 0.2) is 0 Å². The molecule has 0 unspecified atom stereocenters. The quantitative estimate of drug-likeness (QED) is 0.894. The van der Waals surface area contributed by atoms with Gasteiger partial charge in [-0.25, -0.2) is 13.6 Å². The van der Waals surface area contributed by atoms with Crippen LogP contribution in [0.25, 0.3) is 0 Å². The van der Waals surface area contributed by atoms with Crippen molar-refractivity contribution >= 4 is 6.03 Å². The molecule has 2 rings (SSSR count). The van der Waals surface area contributed by atoms with Crippen LogP contribution in [0.1, 0.15) is 31.9 Å². The summed E-state index contributed by atoms with van der Waals surface area (Å²) in [6.07, 6.45) is 0.975. The highest BCUT2D eigenvalue weighted by Crippen LogP contribution is 2.26. The molecular weight excluding hydrogens is 312 g/mol. The standard InChI is InChI=1S/C18H27F2N3O/c1-12(2)17(15-6-5-14(19)9-16(15)20)21-18(24)23-8-7-13(11-23)10-22(3)4/h5-6,9,12-13,17H,7-8,10-11H2,1-4H3,(H,21,24)/t13-,17+/m0/s1. The van der Waals surface area contributed by atoms with Crippen LogP contribution < -0.4 is 5.32 Å². The lowest BCUT2D eigenvalue weighted by atomic mass is 9.95. The average molecular weight is 339 g/mol. The third-order valence-electron chi connectivity index (χ3n) is 4.44. The van der Waals surface area contributed by atoms with E-state index in [1.807, 2.05) is 27.9 Å². The molecule has 0 aromatic heterocycles. The van der Waals surface area contributed by atoms with Crippen molar-refractivity contribution in [2.75, 3.05) is 33.7 Å². The van der Waals surface area contributed by atoms with Gasteiger partial charge in [0.2, 0.25) is 0 Å². The van der Waals surface area contributed by atoms with E-state index < -0.39 is 17.7 Å². The Bertz CT molecular complexity index is 577. The number of carbonyl (C=O) groups is 1. The summed E-state index contributed by atoms with van der Waals surface area (Å²) in [5.74, 6) is -0.781. The predicted octanol–water partition coefficient (Wildman–Crippen LogP) is 3.26. The van der Waals surface area contributed by atoms with E-state index in [4.69, 9.17) is 0 Å². The third kappa shape index (κ3) is 4.66. The van der Waals surface area contributed by atoms with Crippen molar-refractivity contribution in [2.45, 2.75) is 26.3 Å². The van der Waals surface area contributed by atoms with E-state index in [0.717, 1.165) is 19.0 Å². The molecule has 24 heavy (non-hydrogen) atoms. The summed E-state index contributed by atoms with van der Waals surface area (Å²) in [5, 5.41) is 2.92. The lowest BCUT2D eigenvalue weighted by molar-refractivity contribution is 0.197. The first kappa shape index (κ1) is 18.6. The lowest BCUT2D eigenvalue weighted by Gasteiger charge is -2.27. The van der Waals surface area contributed by atoms with E-state index in [0.29, 0.717) is 24.6 Å². The van der Waals surface area contributed by atoms with Crippen molar-refractivity contribution in [2.24, 2.45) is 11.8 Å². The number of halogens is 2. The third-order valence-corrected chi connectivity index (χ3v) is 4.44. The van der Waals surface area contributed by atoms with Crippen LogP contribution in [-0.2, 0) is 0 Å². The van der Waals surface area contributed by atoms with Gasteiger partial charge in [-0.1, -0.05) is 19.9 Å². The van der Waals surface area contributed by atoms with Gasteiger partial charge in [-0.2, -0.15) is 0 Å². The molecule has 0 aliphatic carbocycles. The van der Waals surface area contributed by atoms with Crippen LogP contribution in [0.15, 0.2) is 18.2 Å². The van der Waals surface area contributed by atoms with E-state index in [-0.39, 0.29) is 11.9 Å². The summed E-state index contributed by atoms with van der Waals surface area (Å²) in [7, 11) is 4.05. The Morgan fingerprint density at radius 2 is 2.08 bits per heavy atom. The van der Waals surface area contributed by atoms with E-state index in [9.17, 15) is 13.6 Å². The molecule has 1 aliphatic heterocycles. The normalized spacial score (nSPS) is 19.2. The minimum atomic E-state index is -0.624. The van der Waals surface area contributed by atoms with Gasteiger partial charge in [-0.3, -0.25) is 0 Å². The Hall–Kier alpha value is -1.69. The molecule has 1 aromatic carbocycles. The fourth-order valence-electron chi connectivity index (χ4n) is 3.26. The minimum Gasteiger partial charge on any atom is -0.331 e. The molecule has 0 radical (unpaired) electrons. The zero-order valence-electron chi connectivity index (χ0n) is 14.9. The molecule has 2 atom stereocenters. The Morgan fingerprint density at radius 3 is 2.67 bits per heavy atom. The van der Waals surface area contributed by atoms with Gasteiger partial charge in [-0.15, -0.1) is 0 Å². The highest BCUT2D eigenvalue weighted by atomic mass is 19.1. The summed E-state index contributed by atoms with van der Waals surface area (Å²) in [5.41, 5.74) is 0.323. The van der Waals surface area contributed by atoms with Gasteiger partial charge in [0.1, 0.15) is 11.6 Å². The van der Waals surface area contributed by atoms with E-state index in [2.05, 4.69) is 10.2 Å². The largest absolute Gasteiger partial charge is 0.331 e. The first-order valence-electron chi connectivity index (χ1n) is 8.43. The molecule has 0 spiro atoms. The molecule has 1 heterocycles. The van der Waals surface area contributed by atoms with Crippen LogP contribution in [0.2, 0.25) is 0 Å². The van der Waals surface area contributed by atoms with Crippen LogP contribution in [0.5, 0.6) is 0 Å². The Morgan fingerprint density at radius 1 is 1.38 bits per heavy atom. The van der Waals surface area contributed by atoms with Gasteiger partial charge in [0.25, 0.3) is 0 Å². The number of hydrogen-bond acceptors (Lipinski definition) is 2. The average Bonchev–Trinajstić information content (AvgIpc) is 2.92. The van der Waals surface area contributed by atoms with E-state index in [1.54, 1.807) is 4.90 Å². The van der Waals surface area contributed by atoms with Crippen LogP contribution in [-0.4, -0.2) is 49.6 Å². The van der Waals surface area contributed by atoms with Crippen LogP contribution in [0.3, 0.4) is 0 Å². The van der Waals surface area contributed by atoms with Gasteiger partial charge < -0.3 is 15.1 Å². The highest BCUT2D eigenvalue weighted by molar-refractivity contribution is 5.75. The molecule has 0 bridgehead atoms. The topological polar surface area (TPSA) is 35.6 Å². The molecule has 0 saturated carbocycles. The first-order chi connectivity index (χ1) is 11.3. The van der Waals surface area contributed by atoms with Gasteiger partial charge in [0.05, 0.1) is 6.04 Å². The van der Waals surface area contributed by atoms with Crippen molar-refractivity contribution in [3.05, 3.63) is 35.4 Å². The lowest BCUT2D eigenvalue weighted by Crippen LogP contribution is -2.42. The smallest absolute Gasteiger partial charge is 0.317 e. The molecule has 1 saturated heterocycles. The zero-order valence-corrected chi connectivity index (χ0v) is 14.9. The van der Waals surface area contributed by atoms with Crippen molar-refractivity contribution in [3.8, 4) is 0 Å². The highest BCUT2D eigenvalue weighted by Gasteiger charge is 2.29.